The average Bonchev–Trinajstić information content (AvgIpc) is 3.23. The van der Waals surface area contributed by atoms with Gasteiger partial charge in [0.25, 0.3) is 0 Å². The molecule has 0 aliphatic carbocycles. The van der Waals surface area contributed by atoms with Crippen molar-refractivity contribution in [2.75, 3.05) is 11.1 Å². The van der Waals surface area contributed by atoms with Crippen LogP contribution in [0.15, 0.2) is 73.2 Å². The van der Waals surface area contributed by atoms with Crippen molar-refractivity contribution in [3.05, 3.63) is 84.4 Å². The van der Waals surface area contributed by atoms with Crippen molar-refractivity contribution in [1.82, 2.24) is 19.9 Å². The van der Waals surface area contributed by atoms with Crippen LogP contribution in [-0.4, -0.2) is 19.9 Å². The lowest BCUT2D eigenvalue weighted by Crippen LogP contribution is -1.97. The van der Waals surface area contributed by atoms with Crippen LogP contribution in [0.5, 0.6) is 11.5 Å². The number of benzene rings is 2. The first-order valence-corrected chi connectivity index (χ1v) is 10.2. The fraction of sp³-hybridized carbons (Fsp3) is 0.0800. The van der Waals surface area contributed by atoms with Crippen LogP contribution < -0.4 is 15.8 Å². The number of pyridine rings is 1. The Bertz CT molecular complexity index is 1390. The molecule has 0 atom stereocenters. The first-order valence-electron chi connectivity index (χ1n) is 10.2. The van der Waals surface area contributed by atoms with Crippen molar-refractivity contribution < 1.29 is 4.74 Å². The molecule has 0 radical (unpaired) electrons. The zero-order valence-corrected chi connectivity index (χ0v) is 17.8. The summed E-state index contributed by atoms with van der Waals surface area (Å²) >= 11 is 0. The second kappa shape index (κ2) is 8.03. The minimum absolute atomic E-state index is 0.701. The molecule has 0 saturated heterocycles. The Balaban J connectivity index is 1.41. The van der Waals surface area contributed by atoms with Gasteiger partial charge in [-0.1, -0.05) is 12.1 Å². The number of nitrogens with zero attached hydrogens (tertiary/aromatic N) is 3. The maximum Gasteiger partial charge on any atom is 0.158 e. The number of rotatable bonds is 5. The number of ether oxygens (including phenoxy) is 1. The molecule has 5 aromatic rings. The Labute approximate surface area is 185 Å². The number of fused-ring (bicyclic) bond motifs is 1. The van der Waals surface area contributed by atoms with Crippen LogP contribution in [0.3, 0.4) is 0 Å². The van der Waals surface area contributed by atoms with Gasteiger partial charge in [0, 0.05) is 22.8 Å². The van der Waals surface area contributed by atoms with Gasteiger partial charge in [0.1, 0.15) is 23.3 Å². The fourth-order valence-corrected chi connectivity index (χ4v) is 3.47. The van der Waals surface area contributed by atoms with Crippen LogP contribution in [0.25, 0.3) is 22.3 Å². The number of nitrogen functional groups attached to an aromatic ring is 1. The monoisotopic (exact) mass is 422 g/mol. The zero-order chi connectivity index (χ0) is 22.1. The predicted molar refractivity (Wildman–Crippen MR) is 127 cm³/mol. The standard InChI is InChI=1S/C25H22N6O/c1-15-11-19(8-10-23(15)32-20-9-3-16(2)27-13-20)30-25-24-22(28-14-29-25)12-21(31-24)17-4-6-18(26)7-5-17/h3-14,31H,26H2,1-2H3,(H,28,29,30). The molecule has 5 rings (SSSR count). The van der Waals surface area contributed by atoms with Crippen LogP contribution in [0.4, 0.5) is 17.2 Å². The van der Waals surface area contributed by atoms with Crippen LogP contribution in [0, 0.1) is 13.8 Å². The lowest BCUT2D eigenvalue weighted by Gasteiger charge is -2.12. The van der Waals surface area contributed by atoms with Crippen LogP contribution in [0.2, 0.25) is 0 Å². The second-order valence-electron chi connectivity index (χ2n) is 7.63. The molecule has 0 amide bonds. The first-order chi connectivity index (χ1) is 15.5. The van der Waals surface area contributed by atoms with E-state index in [0.717, 1.165) is 50.7 Å². The molecule has 0 aliphatic heterocycles. The lowest BCUT2D eigenvalue weighted by molar-refractivity contribution is 0.476. The fourth-order valence-electron chi connectivity index (χ4n) is 3.47. The maximum atomic E-state index is 5.97. The number of nitrogens with two attached hydrogens (primary N) is 1. The highest BCUT2D eigenvalue weighted by atomic mass is 16.5. The Morgan fingerprint density at radius 2 is 1.75 bits per heavy atom. The molecule has 4 N–H and O–H groups in total. The number of hydrogen-bond acceptors (Lipinski definition) is 6. The third kappa shape index (κ3) is 3.96. The van der Waals surface area contributed by atoms with Crippen molar-refractivity contribution >= 4 is 28.2 Å². The molecule has 0 aliphatic rings. The topological polar surface area (TPSA) is 102 Å². The molecule has 2 aromatic carbocycles. The number of aromatic nitrogens is 4. The van der Waals surface area contributed by atoms with E-state index in [1.807, 2.05) is 74.5 Å². The Morgan fingerprint density at radius 3 is 2.50 bits per heavy atom. The van der Waals surface area contributed by atoms with Crippen molar-refractivity contribution in [3.8, 4) is 22.8 Å². The quantitative estimate of drug-likeness (QED) is 0.312. The summed E-state index contributed by atoms with van der Waals surface area (Å²) in [5, 5.41) is 3.39. The van der Waals surface area contributed by atoms with Gasteiger partial charge in [0.15, 0.2) is 5.82 Å². The lowest BCUT2D eigenvalue weighted by atomic mass is 10.1. The molecule has 7 heteroatoms. The van der Waals surface area contributed by atoms with Gasteiger partial charge in [-0.05, 0) is 73.5 Å². The summed E-state index contributed by atoms with van der Waals surface area (Å²) in [4.78, 5) is 16.5. The highest BCUT2D eigenvalue weighted by Gasteiger charge is 2.11. The second-order valence-corrected chi connectivity index (χ2v) is 7.63. The van der Waals surface area contributed by atoms with E-state index in [2.05, 4.69) is 25.3 Å². The number of aromatic amines is 1. The van der Waals surface area contributed by atoms with E-state index >= 15 is 0 Å². The van der Waals surface area contributed by atoms with E-state index in [1.54, 1.807) is 12.5 Å². The molecule has 32 heavy (non-hydrogen) atoms. The summed E-state index contributed by atoms with van der Waals surface area (Å²) in [5.74, 6) is 2.19. The molecule has 158 valence electrons. The van der Waals surface area contributed by atoms with E-state index in [4.69, 9.17) is 10.5 Å². The van der Waals surface area contributed by atoms with Crippen molar-refractivity contribution in [3.63, 3.8) is 0 Å². The number of aryl methyl sites for hydroxylation is 2. The van der Waals surface area contributed by atoms with E-state index in [0.29, 0.717) is 11.6 Å². The molecular formula is C25H22N6O. The Morgan fingerprint density at radius 1 is 0.906 bits per heavy atom. The zero-order valence-electron chi connectivity index (χ0n) is 17.8. The van der Waals surface area contributed by atoms with Gasteiger partial charge in [0.2, 0.25) is 0 Å². The molecule has 3 heterocycles. The average molecular weight is 422 g/mol. The summed E-state index contributed by atoms with van der Waals surface area (Å²) in [5.41, 5.74) is 13.0. The highest BCUT2D eigenvalue weighted by Crippen LogP contribution is 2.31. The van der Waals surface area contributed by atoms with Gasteiger partial charge < -0.3 is 20.8 Å². The van der Waals surface area contributed by atoms with Gasteiger partial charge in [-0.25, -0.2) is 9.97 Å². The van der Waals surface area contributed by atoms with Gasteiger partial charge in [-0.3, -0.25) is 4.98 Å². The van der Waals surface area contributed by atoms with Crippen LogP contribution in [0.1, 0.15) is 11.3 Å². The third-order valence-electron chi connectivity index (χ3n) is 5.19. The summed E-state index contributed by atoms with van der Waals surface area (Å²) in [7, 11) is 0. The van der Waals surface area contributed by atoms with Crippen molar-refractivity contribution in [2.24, 2.45) is 0 Å². The molecule has 3 aromatic heterocycles. The smallest absolute Gasteiger partial charge is 0.158 e. The Kier molecular flexibility index (Phi) is 4.91. The van der Waals surface area contributed by atoms with Crippen molar-refractivity contribution in [1.29, 1.82) is 0 Å². The highest BCUT2D eigenvalue weighted by molar-refractivity contribution is 5.91. The van der Waals surface area contributed by atoms with E-state index in [9.17, 15) is 0 Å². The summed E-state index contributed by atoms with van der Waals surface area (Å²) in [6.07, 6.45) is 3.28. The summed E-state index contributed by atoms with van der Waals surface area (Å²) in [6.45, 7) is 3.95. The van der Waals surface area contributed by atoms with Crippen LogP contribution in [-0.2, 0) is 0 Å². The molecule has 0 unspecified atom stereocenters. The minimum atomic E-state index is 0.701. The molecule has 0 fully saturated rings. The summed E-state index contributed by atoms with van der Waals surface area (Å²) in [6, 6.07) is 19.5. The third-order valence-corrected chi connectivity index (χ3v) is 5.19. The Hall–Kier alpha value is -4.39. The predicted octanol–water partition coefficient (Wildman–Crippen LogP) is 5.75. The minimum Gasteiger partial charge on any atom is -0.455 e. The van der Waals surface area contributed by atoms with Gasteiger partial charge in [-0.2, -0.15) is 0 Å². The van der Waals surface area contributed by atoms with Crippen LogP contribution >= 0.6 is 0 Å². The number of anilines is 3. The molecule has 0 spiro atoms. The SMILES string of the molecule is Cc1ccc(Oc2ccc(Nc3ncnc4cc(-c5ccc(N)cc5)[nH]c34)cc2C)cn1. The molecule has 7 nitrogen and oxygen atoms in total. The normalized spacial score (nSPS) is 10.9. The van der Waals surface area contributed by atoms with Gasteiger partial charge in [-0.15, -0.1) is 0 Å². The van der Waals surface area contributed by atoms with Gasteiger partial charge >= 0.3 is 0 Å². The molecule has 0 bridgehead atoms. The molecule has 0 saturated carbocycles. The number of nitrogens with one attached hydrogen (secondary N) is 2. The van der Waals surface area contributed by atoms with Gasteiger partial charge in [0.05, 0.1) is 11.7 Å². The maximum absolute atomic E-state index is 5.97. The number of hydrogen-bond donors (Lipinski definition) is 3. The number of H-pyrrole nitrogens is 1. The largest absolute Gasteiger partial charge is 0.455 e. The van der Waals surface area contributed by atoms with E-state index in [-0.39, 0.29) is 0 Å². The summed E-state index contributed by atoms with van der Waals surface area (Å²) < 4.78 is 5.97. The van der Waals surface area contributed by atoms with E-state index in [1.165, 1.54) is 0 Å². The first kappa shape index (κ1) is 19.6. The molecular weight excluding hydrogens is 400 g/mol. The van der Waals surface area contributed by atoms with E-state index < -0.39 is 0 Å². The van der Waals surface area contributed by atoms with Crippen molar-refractivity contribution in [2.45, 2.75) is 13.8 Å².